The predicted molar refractivity (Wildman–Crippen MR) is 143 cm³/mol. The molecule has 0 atom stereocenters. The third kappa shape index (κ3) is 6.36. The van der Waals surface area contributed by atoms with Crippen molar-refractivity contribution in [1.82, 2.24) is 15.1 Å². The standard InChI is InChI=1S/C26H37N5O4S/c1-6-30(7-2)25(32)18-29(5)26(33)21-10-11-23(31-14-12-27-13-15-31)22(17-21)28-36(34,35)24-16-19(3)8-9-20(24)4/h8-11,16-17,27-28H,6-7,12-15,18H2,1-5H3. The summed E-state index contributed by atoms with van der Waals surface area (Å²) in [7, 11) is -2.33. The molecule has 2 aromatic carbocycles. The number of piperazine rings is 1. The first-order valence-electron chi connectivity index (χ1n) is 12.3. The van der Waals surface area contributed by atoms with Gasteiger partial charge in [0.2, 0.25) is 5.91 Å². The Bertz CT molecular complexity index is 1200. The largest absolute Gasteiger partial charge is 0.367 e. The number of nitrogens with zero attached hydrogens (tertiary/aromatic N) is 3. The highest BCUT2D eigenvalue weighted by molar-refractivity contribution is 7.92. The van der Waals surface area contributed by atoms with Crippen LogP contribution in [-0.4, -0.2) is 82.9 Å². The molecule has 36 heavy (non-hydrogen) atoms. The van der Waals surface area contributed by atoms with E-state index in [0.717, 1.165) is 18.7 Å². The normalized spacial score (nSPS) is 13.9. The van der Waals surface area contributed by atoms with Gasteiger partial charge in [-0.25, -0.2) is 8.42 Å². The van der Waals surface area contributed by atoms with Crippen LogP contribution in [0.5, 0.6) is 0 Å². The Morgan fingerprint density at radius 1 is 1.03 bits per heavy atom. The van der Waals surface area contributed by atoms with E-state index in [0.29, 0.717) is 48.7 Å². The van der Waals surface area contributed by atoms with Crippen LogP contribution in [0.1, 0.15) is 35.3 Å². The van der Waals surface area contributed by atoms with Crippen molar-refractivity contribution in [2.24, 2.45) is 0 Å². The number of nitrogens with one attached hydrogen (secondary N) is 2. The number of anilines is 2. The van der Waals surface area contributed by atoms with E-state index in [9.17, 15) is 18.0 Å². The molecule has 10 heteroatoms. The molecule has 1 fully saturated rings. The molecule has 1 aliphatic rings. The Hall–Kier alpha value is -3.11. The molecule has 2 amide bonds. The molecule has 0 spiro atoms. The minimum absolute atomic E-state index is 0.0520. The summed E-state index contributed by atoms with van der Waals surface area (Å²) in [6.07, 6.45) is 0. The molecular formula is C26H37N5O4S. The third-order valence-electron chi connectivity index (χ3n) is 6.41. The minimum atomic E-state index is -3.91. The number of carbonyl (C=O) groups is 2. The average Bonchev–Trinajstić information content (AvgIpc) is 2.86. The maximum atomic E-state index is 13.4. The second kappa shape index (κ2) is 11.7. The van der Waals surface area contributed by atoms with Crippen LogP contribution in [0.25, 0.3) is 0 Å². The fraction of sp³-hybridized carbons (Fsp3) is 0.462. The SMILES string of the molecule is CCN(CC)C(=O)CN(C)C(=O)c1ccc(N2CCNCC2)c(NS(=O)(=O)c2cc(C)ccc2C)c1. The highest BCUT2D eigenvalue weighted by atomic mass is 32.2. The molecule has 1 aliphatic heterocycles. The Balaban J connectivity index is 1.96. The van der Waals surface area contributed by atoms with Gasteiger partial charge in [-0.3, -0.25) is 14.3 Å². The van der Waals surface area contributed by atoms with Crippen molar-refractivity contribution in [3.8, 4) is 0 Å². The van der Waals surface area contributed by atoms with Crippen LogP contribution in [0.4, 0.5) is 11.4 Å². The van der Waals surface area contributed by atoms with E-state index in [2.05, 4.69) is 14.9 Å². The highest BCUT2D eigenvalue weighted by Gasteiger charge is 2.24. The fourth-order valence-electron chi connectivity index (χ4n) is 4.30. The van der Waals surface area contributed by atoms with Crippen LogP contribution in [0, 0.1) is 13.8 Å². The van der Waals surface area contributed by atoms with E-state index in [4.69, 9.17) is 0 Å². The number of benzene rings is 2. The predicted octanol–water partition coefficient (Wildman–Crippen LogP) is 2.45. The number of sulfonamides is 1. The van der Waals surface area contributed by atoms with Crippen LogP contribution in [0.3, 0.4) is 0 Å². The number of aryl methyl sites for hydroxylation is 2. The smallest absolute Gasteiger partial charge is 0.262 e. The van der Waals surface area contributed by atoms with Crippen molar-refractivity contribution in [3.05, 3.63) is 53.1 Å². The Morgan fingerprint density at radius 3 is 2.33 bits per heavy atom. The lowest BCUT2D eigenvalue weighted by Gasteiger charge is -2.31. The molecule has 9 nitrogen and oxygen atoms in total. The van der Waals surface area contributed by atoms with Crippen molar-refractivity contribution in [1.29, 1.82) is 0 Å². The molecular weight excluding hydrogens is 478 g/mol. The number of hydrogen-bond acceptors (Lipinski definition) is 6. The zero-order valence-electron chi connectivity index (χ0n) is 21.8. The second-order valence-corrected chi connectivity index (χ2v) is 10.7. The van der Waals surface area contributed by atoms with Crippen molar-refractivity contribution in [3.63, 3.8) is 0 Å². The summed E-state index contributed by atoms with van der Waals surface area (Å²) in [5.41, 5.74) is 2.84. The van der Waals surface area contributed by atoms with Gasteiger partial charge in [-0.15, -0.1) is 0 Å². The van der Waals surface area contributed by atoms with Gasteiger partial charge in [-0.2, -0.15) is 0 Å². The first kappa shape index (κ1) is 27.5. The van der Waals surface area contributed by atoms with Gasteiger partial charge < -0.3 is 20.0 Å². The Kier molecular flexibility index (Phi) is 8.97. The van der Waals surface area contributed by atoms with E-state index in [1.807, 2.05) is 26.8 Å². The van der Waals surface area contributed by atoms with Crippen LogP contribution in [0.2, 0.25) is 0 Å². The summed E-state index contributed by atoms with van der Waals surface area (Å²) >= 11 is 0. The van der Waals surface area contributed by atoms with Crippen molar-refractivity contribution in [2.45, 2.75) is 32.6 Å². The fourth-order valence-corrected chi connectivity index (χ4v) is 5.70. The van der Waals surface area contributed by atoms with E-state index in [1.165, 1.54) is 4.90 Å². The van der Waals surface area contributed by atoms with Crippen molar-refractivity contribution >= 4 is 33.2 Å². The molecule has 0 aromatic heterocycles. The van der Waals surface area contributed by atoms with Gasteiger partial charge in [0.1, 0.15) is 0 Å². The summed E-state index contributed by atoms with van der Waals surface area (Å²) in [5, 5.41) is 3.30. The van der Waals surface area contributed by atoms with E-state index < -0.39 is 10.0 Å². The maximum Gasteiger partial charge on any atom is 0.262 e. The molecule has 1 heterocycles. The number of hydrogen-bond donors (Lipinski definition) is 2. The molecule has 0 aliphatic carbocycles. The third-order valence-corrected chi connectivity index (χ3v) is 7.92. The molecule has 0 bridgehead atoms. The number of carbonyl (C=O) groups excluding carboxylic acids is 2. The molecule has 2 N–H and O–H groups in total. The van der Waals surface area contributed by atoms with E-state index >= 15 is 0 Å². The van der Waals surface area contributed by atoms with Crippen LogP contribution < -0.4 is 14.9 Å². The molecule has 0 saturated carbocycles. The van der Waals surface area contributed by atoms with E-state index in [1.54, 1.807) is 49.2 Å². The maximum absolute atomic E-state index is 13.4. The lowest BCUT2D eigenvalue weighted by molar-refractivity contribution is -0.131. The van der Waals surface area contributed by atoms with Crippen LogP contribution in [0.15, 0.2) is 41.3 Å². The summed E-state index contributed by atoms with van der Waals surface area (Å²) in [4.78, 5) is 31.0. The van der Waals surface area contributed by atoms with Gasteiger partial charge in [0.25, 0.3) is 15.9 Å². The summed E-state index contributed by atoms with van der Waals surface area (Å²) in [5.74, 6) is -0.487. The average molecular weight is 516 g/mol. The summed E-state index contributed by atoms with van der Waals surface area (Å²) < 4.78 is 29.6. The Morgan fingerprint density at radius 2 is 1.69 bits per heavy atom. The lowest BCUT2D eigenvalue weighted by Crippen LogP contribution is -2.44. The van der Waals surface area contributed by atoms with Gasteiger partial charge in [-0.05, 0) is 63.1 Å². The zero-order valence-corrected chi connectivity index (χ0v) is 22.6. The molecule has 2 aromatic rings. The van der Waals surface area contributed by atoms with Gasteiger partial charge in [0, 0.05) is 51.9 Å². The molecule has 196 valence electrons. The second-order valence-electron chi connectivity index (χ2n) is 9.07. The quantitative estimate of drug-likeness (QED) is 0.532. The summed E-state index contributed by atoms with van der Waals surface area (Å²) in [6.45, 7) is 11.5. The van der Waals surface area contributed by atoms with Crippen molar-refractivity contribution in [2.75, 3.05) is 62.5 Å². The van der Waals surface area contributed by atoms with Gasteiger partial charge >= 0.3 is 0 Å². The zero-order chi connectivity index (χ0) is 26.5. The lowest BCUT2D eigenvalue weighted by atomic mass is 10.1. The number of rotatable bonds is 9. The van der Waals surface area contributed by atoms with Gasteiger partial charge in [0.15, 0.2) is 0 Å². The topological polar surface area (TPSA) is 102 Å². The number of amides is 2. The molecule has 1 saturated heterocycles. The van der Waals surface area contributed by atoms with Gasteiger partial charge in [0.05, 0.1) is 22.8 Å². The number of likely N-dealkylation sites (N-methyl/N-ethyl adjacent to an activating group) is 2. The molecule has 0 unspecified atom stereocenters. The molecule has 3 rings (SSSR count). The van der Waals surface area contributed by atoms with Crippen molar-refractivity contribution < 1.29 is 18.0 Å². The Labute approximate surface area is 214 Å². The van der Waals surface area contributed by atoms with Gasteiger partial charge in [-0.1, -0.05) is 12.1 Å². The highest BCUT2D eigenvalue weighted by Crippen LogP contribution is 2.31. The van der Waals surface area contributed by atoms with E-state index in [-0.39, 0.29) is 23.3 Å². The monoisotopic (exact) mass is 515 g/mol. The molecule has 0 radical (unpaired) electrons. The first-order chi connectivity index (χ1) is 17.1. The van der Waals surface area contributed by atoms with Crippen LogP contribution >= 0.6 is 0 Å². The minimum Gasteiger partial charge on any atom is -0.367 e. The summed E-state index contributed by atoms with van der Waals surface area (Å²) in [6, 6.07) is 10.3. The first-order valence-corrected chi connectivity index (χ1v) is 13.8. The van der Waals surface area contributed by atoms with Crippen LogP contribution in [-0.2, 0) is 14.8 Å².